The zero-order valence-electron chi connectivity index (χ0n) is 22.7. The Balaban J connectivity index is 1.55. The van der Waals surface area contributed by atoms with E-state index in [0.717, 1.165) is 62.5 Å². The van der Waals surface area contributed by atoms with Crippen molar-refractivity contribution in [3.8, 4) is 0 Å². The normalized spacial score (nSPS) is 40.0. The van der Waals surface area contributed by atoms with Gasteiger partial charge in [-0.2, -0.15) is 16.8 Å². The predicted molar refractivity (Wildman–Crippen MR) is 143 cm³/mol. The molecule has 0 bridgehead atoms. The molecule has 0 heterocycles. The highest BCUT2D eigenvalue weighted by atomic mass is 32.3. The van der Waals surface area contributed by atoms with E-state index in [1.807, 2.05) is 6.92 Å². The Morgan fingerprint density at radius 3 is 2.42 bits per heavy atom. The average molecular weight is 577 g/mol. The maximum absolute atomic E-state index is 11.4. The van der Waals surface area contributed by atoms with Gasteiger partial charge in [0.25, 0.3) is 0 Å². The predicted octanol–water partition coefficient (Wildman–Crippen LogP) is 4.91. The largest absolute Gasteiger partial charge is 0.397 e. The summed E-state index contributed by atoms with van der Waals surface area (Å²) in [4.78, 5) is 0. The van der Waals surface area contributed by atoms with Crippen LogP contribution in [0.2, 0.25) is 0 Å². The van der Waals surface area contributed by atoms with Crippen molar-refractivity contribution in [2.75, 3.05) is 6.61 Å². The third-order valence-corrected chi connectivity index (χ3v) is 11.6. The van der Waals surface area contributed by atoms with Crippen LogP contribution in [-0.2, 0) is 29.2 Å². The summed E-state index contributed by atoms with van der Waals surface area (Å²) >= 11 is 0. The summed E-state index contributed by atoms with van der Waals surface area (Å²) in [6, 6.07) is 0. The Morgan fingerprint density at radius 2 is 1.79 bits per heavy atom. The van der Waals surface area contributed by atoms with Crippen LogP contribution in [0.3, 0.4) is 0 Å². The molecule has 0 aliphatic heterocycles. The molecule has 0 amide bonds. The van der Waals surface area contributed by atoms with Gasteiger partial charge < -0.3 is 5.11 Å². The van der Waals surface area contributed by atoms with Crippen LogP contribution >= 0.6 is 0 Å². The van der Waals surface area contributed by atoms with Crippen molar-refractivity contribution in [1.82, 2.24) is 0 Å². The van der Waals surface area contributed by atoms with Gasteiger partial charge >= 0.3 is 20.8 Å². The molecule has 2 unspecified atom stereocenters. The van der Waals surface area contributed by atoms with Crippen LogP contribution in [0.25, 0.3) is 0 Å². The molecule has 0 aromatic carbocycles. The van der Waals surface area contributed by atoms with Crippen LogP contribution < -0.4 is 0 Å². The standard InChI is InChI=1S/C27H44O9S2/c1-17(2)6-5-7-18(16-35-37(29,30)31)20-10-11-21-19-8-9-23-25(28)24(36-38(32,33)34)13-15-27(23,4)22(19)12-14-26(20,21)3/h9,18-22,24-25,28H,1,5-8,10-16H2,2-4H3,(H,29,30,31)(H,32,33,34)/t18-,19-,20+,21-,22-,24?,25?,26+,27+/m0/s1. The quantitative estimate of drug-likeness (QED) is 0.244. The van der Waals surface area contributed by atoms with Crippen molar-refractivity contribution in [3.05, 3.63) is 23.8 Å². The minimum atomic E-state index is -4.65. The zero-order valence-corrected chi connectivity index (χ0v) is 24.3. The summed E-state index contributed by atoms with van der Waals surface area (Å²) in [6.07, 6.45) is 8.40. The number of fused-ring (bicyclic) bond motifs is 5. The van der Waals surface area contributed by atoms with Crippen LogP contribution in [0.1, 0.15) is 85.0 Å². The Labute approximate surface area is 228 Å². The Bertz CT molecular complexity index is 1150. The van der Waals surface area contributed by atoms with Crippen molar-refractivity contribution in [2.45, 2.75) is 97.2 Å². The van der Waals surface area contributed by atoms with Gasteiger partial charge in [0, 0.05) is 0 Å². The van der Waals surface area contributed by atoms with Gasteiger partial charge in [-0.3, -0.25) is 9.11 Å². The van der Waals surface area contributed by atoms with Crippen LogP contribution in [0.4, 0.5) is 0 Å². The molecule has 9 nitrogen and oxygen atoms in total. The van der Waals surface area contributed by atoms with Gasteiger partial charge in [-0.05, 0) is 117 Å². The molecule has 4 aliphatic rings. The fraction of sp³-hybridized carbons (Fsp3) is 0.852. The van der Waals surface area contributed by atoms with E-state index < -0.39 is 33.0 Å². The van der Waals surface area contributed by atoms with E-state index in [2.05, 4.69) is 26.5 Å². The summed E-state index contributed by atoms with van der Waals surface area (Å²) in [5.41, 5.74) is 1.67. The lowest BCUT2D eigenvalue weighted by atomic mass is 9.46. The van der Waals surface area contributed by atoms with Gasteiger partial charge in [0.1, 0.15) is 12.2 Å². The minimum Gasteiger partial charge on any atom is -0.386 e. The summed E-state index contributed by atoms with van der Waals surface area (Å²) in [7, 11) is -9.17. The molecule has 3 fully saturated rings. The SMILES string of the molecule is C=C(C)CCC[C@@H](COS(=O)(=O)O)[C@H]1CC[C@H]2[C@@H]3CC=C4C(O)C(OS(=O)(=O)O)CC[C@]4(C)[C@H]3CC[C@]12C. The molecule has 0 aromatic heterocycles. The van der Waals surface area contributed by atoms with E-state index in [1.54, 1.807) is 0 Å². The average Bonchev–Trinajstić information content (AvgIpc) is 3.14. The van der Waals surface area contributed by atoms with Crippen LogP contribution in [0.15, 0.2) is 23.8 Å². The molecule has 0 spiro atoms. The molecule has 0 aromatic rings. The third kappa shape index (κ3) is 6.09. The summed E-state index contributed by atoms with van der Waals surface area (Å²) < 4.78 is 73.6. The lowest BCUT2D eigenvalue weighted by Gasteiger charge is -2.59. The van der Waals surface area contributed by atoms with Gasteiger partial charge in [0.2, 0.25) is 0 Å². The Morgan fingerprint density at radius 1 is 1.08 bits per heavy atom. The third-order valence-electron chi connectivity index (χ3n) is 10.6. The molecular weight excluding hydrogens is 532 g/mol. The molecule has 218 valence electrons. The first-order chi connectivity index (χ1) is 17.6. The number of aliphatic hydroxyl groups excluding tert-OH is 1. The number of hydrogen-bond acceptors (Lipinski definition) is 7. The first-order valence-corrected chi connectivity index (χ1v) is 16.6. The van der Waals surface area contributed by atoms with Crippen molar-refractivity contribution < 1.29 is 39.4 Å². The minimum absolute atomic E-state index is 0.0147. The summed E-state index contributed by atoms with van der Waals surface area (Å²) in [5.74, 6) is 1.50. The second-order valence-corrected chi connectivity index (χ2v) is 14.9. The monoisotopic (exact) mass is 576 g/mol. The van der Waals surface area contributed by atoms with Gasteiger partial charge in [0.15, 0.2) is 0 Å². The molecular formula is C27H44O9S2. The summed E-state index contributed by atoms with van der Waals surface area (Å²) in [5, 5.41) is 11.0. The highest BCUT2D eigenvalue weighted by molar-refractivity contribution is 7.81. The van der Waals surface area contributed by atoms with Gasteiger partial charge in [0.05, 0.1) is 6.61 Å². The van der Waals surface area contributed by atoms with Crippen LogP contribution in [-0.4, -0.2) is 49.9 Å². The number of allylic oxidation sites excluding steroid dienone is 2. The Hall–Kier alpha value is -0.820. The number of aliphatic hydroxyl groups is 1. The summed E-state index contributed by atoms with van der Waals surface area (Å²) in [6.45, 7) is 10.5. The van der Waals surface area contributed by atoms with E-state index in [4.69, 9.17) is 12.9 Å². The van der Waals surface area contributed by atoms with Gasteiger partial charge in [-0.25, -0.2) is 8.37 Å². The molecule has 4 rings (SSSR count). The lowest BCUT2D eigenvalue weighted by Crippen LogP contribution is -2.54. The van der Waals surface area contributed by atoms with Gasteiger partial charge in [-0.15, -0.1) is 6.58 Å². The molecule has 0 saturated heterocycles. The van der Waals surface area contributed by atoms with Crippen molar-refractivity contribution in [1.29, 1.82) is 0 Å². The maximum atomic E-state index is 11.4. The van der Waals surface area contributed by atoms with E-state index in [9.17, 15) is 26.5 Å². The fourth-order valence-corrected chi connectivity index (χ4v) is 9.88. The highest BCUT2D eigenvalue weighted by Gasteiger charge is 2.60. The molecule has 0 radical (unpaired) electrons. The molecule has 11 heteroatoms. The van der Waals surface area contributed by atoms with E-state index in [-0.39, 0.29) is 29.3 Å². The van der Waals surface area contributed by atoms with Gasteiger partial charge in [-0.1, -0.05) is 25.5 Å². The first-order valence-electron chi connectivity index (χ1n) is 13.9. The zero-order chi connectivity index (χ0) is 28.1. The highest BCUT2D eigenvalue weighted by Crippen LogP contribution is 2.67. The maximum Gasteiger partial charge on any atom is 0.397 e. The molecule has 38 heavy (non-hydrogen) atoms. The second kappa shape index (κ2) is 10.9. The van der Waals surface area contributed by atoms with Crippen molar-refractivity contribution in [2.24, 2.45) is 40.4 Å². The molecule has 3 saturated carbocycles. The second-order valence-electron chi connectivity index (χ2n) is 12.8. The molecule has 9 atom stereocenters. The molecule has 4 aliphatic carbocycles. The topological polar surface area (TPSA) is 147 Å². The van der Waals surface area contributed by atoms with Crippen LogP contribution in [0.5, 0.6) is 0 Å². The smallest absolute Gasteiger partial charge is 0.386 e. The van der Waals surface area contributed by atoms with E-state index in [1.165, 1.54) is 0 Å². The lowest BCUT2D eigenvalue weighted by molar-refractivity contribution is -0.0788. The fourth-order valence-electron chi connectivity index (χ4n) is 9.02. The van der Waals surface area contributed by atoms with E-state index in [0.29, 0.717) is 30.6 Å². The van der Waals surface area contributed by atoms with E-state index >= 15 is 0 Å². The van der Waals surface area contributed by atoms with Crippen molar-refractivity contribution in [3.63, 3.8) is 0 Å². The number of hydrogen-bond donors (Lipinski definition) is 3. The Kier molecular flexibility index (Phi) is 8.62. The van der Waals surface area contributed by atoms with Crippen molar-refractivity contribution >= 4 is 20.8 Å². The van der Waals surface area contributed by atoms with Crippen LogP contribution in [0, 0.1) is 40.4 Å². The number of rotatable bonds is 10. The molecule has 3 N–H and O–H groups in total. The first kappa shape index (κ1) is 30.1.